The Labute approximate surface area is 126 Å². The highest BCUT2D eigenvalue weighted by Gasteiger charge is 2.13. The van der Waals surface area contributed by atoms with Crippen LogP contribution in [-0.4, -0.2) is 0 Å². The summed E-state index contributed by atoms with van der Waals surface area (Å²) in [6, 6.07) is 14.0. The third kappa shape index (κ3) is 3.28. The zero-order chi connectivity index (χ0) is 13.1. The van der Waals surface area contributed by atoms with Crippen molar-refractivity contribution in [3.63, 3.8) is 0 Å². The van der Waals surface area contributed by atoms with Crippen molar-refractivity contribution >= 4 is 39.1 Å². The Morgan fingerprint density at radius 1 is 1.17 bits per heavy atom. The van der Waals surface area contributed by atoms with Gasteiger partial charge in [0.05, 0.1) is 5.38 Å². The molecule has 0 aromatic heterocycles. The van der Waals surface area contributed by atoms with Crippen molar-refractivity contribution in [3.8, 4) is 0 Å². The molecular formula is C15H13BrCl2. The van der Waals surface area contributed by atoms with Gasteiger partial charge in [-0.1, -0.05) is 51.8 Å². The van der Waals surface area contributed by atoms with Crippen molar-refractivity contribution in [2.45, 2.75) is 18.7 Å². The molecule has 0 bridgehead atoms. The average Bonchev–Trinajstić information content (AvgIpc) is 2.32. The van der Waals surface area contributed by atoms with Crippen LogP contribution in [0.1, 0.15) is 22.1 Å². The average molecular weight is 344 g/mol. The Kier molecular flexibility index (Phi) is 4.71. The minimum absolute atomic E-state index is 0.0408. The van der Waals surface area contributed by atoms with E-state index in [0.717, 1.165) is 27.0 Å². The van der Waals surface area contributed by atoms with Gasteiger partial charge in [-0.15, -0.1) is 11.6 Å². The zero-order valence-electron chi connectivity index (χ0n) is 9.96. The van der Waals surface area contributed by atoms with E-state index in [4.69, 9.17) is 23.2 Å². The van der Waals surface area contributed by atoms with Gasteiger partial charge in [-0.25, -0.2) is 0 Å². The standard InChI is InChI=1S/C15H13BrCl2/c1-10-13(6-3-7-14(10)16)15(18)9-11-4-2-5-12(17)8-11/h2-8,15H,9H2,1H3. The molecule has 0 heterocycles. The second-order valence-electron chi connectivity index (χ2n) is 4.26. The summed E-state index contributed by atoms with van der Waals surface area (Å²) in [5.41, 5.74) is 3.51. The number of halogens is 3. The molecule has 2 aromatic rings. The molecule has 0 aliphatic heterocycles. The van der Waals surface area contributed by atoms with Gasteiger partial charge >= 0.3 is 0 Å². The molecule has 0 spiro atoms. The first kappa shape index (κ1) is 13.9. The lowest BCUT2D eigenvalue weighted by Gasteiger charge is -2.14. The number of alkyl halides is 1. The molecule has 2 rings (SSSR count). The topological polar surface area (TPSA) is 0 Å². The van der Waals surface area contributed by atoms with E-state index in [0.29, 0.717) is 0 Å². The fourth-order valence-corrected chi connectivity index (χ4v) is 2.95. The summed E-state index contributed by atoms with van der Waals surface area (Å²) in [7, 11) is 0. The Bertz CT molecular complexity index is 552. The van der Waals surface area contributed by atoms with Crippen molar-refractivity contribution in [3.05, 3.63) is 68.7 Å². The maximum Gasteiger partial charge on any atom is 0.0628 e. The van der Waals surface area contributed by atoms with Crippen LogP contribution in [0.4, 0.5) is 0 Å². The maximum atomic E-state index is 6.51. The molecule has 0 aliphatic carbocycles. The smallest absolute Gasteiger partial charge is 0.0628 e. The van der Waals surface area contributed by atoms with Gasteiger partial charge in [-0.05, 0) is 48.2 Å². The monoisotopic (exact) mass is 342 g/mol. The minimum Gasteiger partial charge on any atom is -0.117 e. The molecule has 1 unspecified atom stereocenters. The molecule has 0 saturated heterocycles. The highest BCUT2D eigenvalue weighted by molar-refractivity contribution is 9.10. The fraction of sp³-hybridized carbons (Fsp3) is 0.200. The van der Waals surface area contributed by atoms with E-state index in [9.17, 15) is 0 Å². The predicted molar refractivity (Wildman–Crippen MR) is 82.6 cm³/mol. The zero-order valence-corrected chi connectivity index (χ0v) is 13.1. The molecule has 3 heteroatoms. The molecule has 0 radical (unpaired) electrons. The van der Waals surface area contributed by atoms with Gasteiger partial charge < -0.3 is 0 Å². The summed E-state index contributed by atoms with van der Waals surface area (Å²) in [6.45, 7) is 2.08. The van der Waals surface area contributed by atoms with Gasteiger partial charge in [0.25, 0.3) is 0 Å². The summed E-state index contributed by atoms with van der Waals surface area (Å²) in [4.78, 5) is 0. The number of hydrogen-bond donors (Lipinski definition) is 0. The summed E-state index contributed by atoms with van der Waals surface area (Å²) in [5, 5.41) is 0.711. The quantitative estimate of drug-likeness (QED) is 0.605. The van der Waals surface area contributed by atoms with Crippen LogP contribution in [0.2, 0.25) is 5.02 Å². The second kappa shape index (κ2) is 6.10. The van der Waals surface area contributed by atoms with E-state index >= 15 is 0 Å². The Morgan fingerprint density at radius 3 is 2.61 bits per heavy atom. The van der Waals surface area contributed by atoms with Gasteiger partial charge in [0.2, 0.25) is 0 Å². The maximum absolute atomic E-state index is 6.51. The van der Waals surface area contributed by atoms with Gasteiger partial charge in [0.15, 0.2) is 0 Å². The largest absolute Gasteiger partial charge is 0.117 e. The first-order valence-electron chi connectivity index (χ1n) is 5.71. The highest BCUT2D eigenvalue weighted by Crippen LogP contribution is 2.31. The molecule has 0 saturated carbocycles. The number of hydrogen-bond acceptors (Lipinski definition) is 0. The van der Waals surface area contributed by atoms with Crippen molar-refractivity contribution in [1.82, 2.24) is 0 Å². The van der Waals surface area contributed by atoms with Crippen molar-refractivity contribution in [2.24, 2.45) is 0 Å². The minimum atomic E-state index is -0.0408. The normalized spacial score (nSPS) is 12.4. The van der Waals surface area contributed by atoms with Gasteiger partial charge in [0.1, 0.15) is 0 Å². The molecule has 1 atom stereocenters. The summed E-state index contributed by atoms with van der Waals surface area (Å²) < 4.78 is 1.09. The van der Waals surface area contributed by atoms with Crippen LogP contribution in [0.3, 0.4) is 0 Å². The van der Waals surface area contributed by atoms with Gasteiger partial charge in [-0.3, -0.25) is 0 Å². The molecule has 94 valence electrons. The van der Waals surface area contributed by atoms with Crippen LogP contribution in [0.25, 0.3) is 0 Å². The summed E-state index contributed by atoms with van der Waals surface area (Å²) in [5.74, 6) is 0. The van der Waals surface area contributed by atoms with E-state index in [1.165, 1.54) is 5.56 Å². The highest BCUT2D eigenvalue weighted by atomic mass is 79.9. The first-order chi connectivity index (χ1) is 8.58. The van der Waals surface area contributed by atoms with Gasteiger partial charge in [-0.2, -0.15) is 0 Å². The summed E-state index contributed by atoms with van der Waals surface area (Å²) in [6.07, 6.45) is 0.777. The van der Waals surface area contributed by atoms with Crippen molar-refractivity contribution < 1.29 is 0 Å². The molecular weight excluding hydrogens is 331 g/mol. The van der Waals surface area contributed by atoms with E-state index in [1.807, 2.05) is 30.3 Å². The lowest BCUT2D eigenvalue weighted by atomic mass is 10.0. The van der Waals surface area contributed by atoms with Crippen LogP contribution in [0, 0.1) is 6.92 Å². The molecule has 0 amide bonds. The molecule has 0 N–H and O–H groups in total. The lowest BCUT2D eigenvalue weighted by molar-refractivity contribution is 0.908. The molecule has 0 aliphatic rings. The van der Waals surface area contributed by atoms with Crippen LogP contribution < -0.4 is 0 Å². The van der Waals surface area contributed by atoms with Crippen molar-refractivity contribution in [2.75, 3.05) is 0 Å². The van der Waals surface area contributed by atoms with Crippen LogP contribution in [-0.2, 0) is 6.42 Å². The first-order valence-corrected chi connectivity index (χ1v) is 7.32. The van der Waals surface area contributed by atoms with Crippen LogP contribution in [0.5, 0.6) is 0 Å². The summed E-state index contributed by atoms with van der Waals surface area (Å²) >= 11 is 16.0. The van der Waals surface area contributed by atoms with Crippen molar-refractivity contribution in [1.29, 1.82) is 0 Å². The molecule has 0 fully saturated rings. The Morgan fingerprint density at radius 2 is 1.89 bits per heavy atom. The van der Waals surface area contributed by atoms with E-state index < -0.39 is 0 Å². The fourth-order valence-electron chi connectivity index (χ4n) is 1.94. The SMILES string of the molecule is Cc1c(Br)cccc1C(Cl)Cc1cccc(Cl)c1. The predicted octanol–water partition coefficient (Wildman–Crippen LogP) is 5.93. The lowest BCUT2D eigenvalue weighted by Crippen LogP contribution is -1.99. The molecule has 2 aromatic carbocycles. The van der Waals surface area contributed by atoms with Gasteiger partial charge in [0, 0.05) is 9.50 Å². The molecule has 18 heavy (non-hydrogen) atoms. The number of benzene rings is 2. The third-order valence-electron chi connectivity index (χ3n) is 2.95. The van der Waals surface area contributed by atoms with E-state index in [1.54, 1.807) is 0 Å². The number of rotatable bonds is 3. The van der Waals surface area contributed by atoms with Crippen LogP contribution >= 0.6 is 39.1 Å². The van der Waals surface area contributed by atoms with Crippen LogP contribution in [0.15, 0.2) is 46.9 Å². The second-order valence-corrected chi connectivity index (χ2v) is 6.07. The third-order valence-corrected chi connectivity index (χ3v) is 4.43. The molecule has 0 nitrogen and oxygen atoms in total. The Hall–Kier alpha value is -0.500. The van der Waals surface area contributed by atoms with E-state index in [2.05, 4.69) is 35.0 Å². The van der Waals surface area contributed by atoms with E-state index in [-0.39, 0.29) is 5.38 Å². The Balaban J connectivity index is 2.22.